The second kappa shape index (κ2) is 5.07. The van der Waals surface area contributed by atoms with Crippen molar-refractivity contribution in [2.75, 3.05) is 12.8 Å². The minimum atomic E-state index is -0.192. The van der Waals surface area contributed by atoms with E-state index >= 15 is 0 Å². The SMILES string of the molecule is CNC(=O)c1cnc(N)c(O[C@H]2CCCC2(C)C)c1. The number of nitrogens with two attached hydrogens (primary N) is 1. The van der Waals surface area contributed by atoms with E-state index in [1.165, 1.54) is 6.20 Å². The molecule has 1 aromatic rings. The quantitative estimate of drug-likeness (QED) is 0.874. The molecule has 0 aromatic carbocycles. The van der Waals surface area contributed by atoms with Gasteiger partial charge in [0.05, 0.1) is 5.56 Å². The number of amides is 1. The number of hydrogen-bond donors (Lipinski definition) is 2. The summed E-state index contributed by atoms with van der Waals surface area (Å²) in [7, 11) is 1.58. The zero-order chi connectivity index (χ0) is 14.0. The maximum atomic E-state index is 11.6. The Bertz CT molecular complexity index is 486. The Balaban J connectivity index is 2.22. The molecule has 104 valence electrons. The van der Waals surface area contributed by atoms with Gasteiger partial charge in [-0.1, -0.05) is 13.8 Å². The van der Waals surface area contributed by atoms with Gasteiger partial charge in [0.1, 0.15) is 6.10 Å². The van der Waals surface area contributed by atoms with Crippen molar-refractivity contribution < 1.29 is 9.53 Å². The summed E-state index contributed by atoms with van der Waals surface area (Å²) in [5.41, 5.74) is 6.42. The number of carbonyl (C=O) groups is 1. The maximum absolute atomic E-state index is 11.6. The molecule has 1 aromatic heterocycles. The lowest BCUT2D eigenvalue weighted by atomic mass is 9.89. The molecule has 5 heteroatoms. The zero-order valence-corrected chi connectivity index (χ0v) is 11.7. The summed E-state index contributed by atoms with van der Waals surface area (Å²) in [6.45, 7) is 4.38. The van der Waals surface area contributed by atoms with E-state index in [0.717, 1.165) is 19.3 Å². The van der Waals surface area contributed by atoms with E-state index in [4.69, 9.17) is 10.5 Å². The maximum Gasteiger partial charge on any atom is 0.252 e. The van der Waals surface area contributed by atoms with Crippen LogP contribution in [0.2, 0.25) is 0 Å². The third kappa shape index (κ3) is 2.80. The first-order valence-corrected chi connectivity index (χ1v) is 6.58. The Labute approximate surface area is 113 Å². The highest BCUT2D eigenvalue weighted by Gasteiger charge is 2.36. The van der Waals surface area contributed by atoms with Gasteiger partial charge >= 0.3 is 0 Å². The average molecular weight is 263 g/mol. The third-order valence-electron chi connectivity index (χ3n) is 3.80. The van der Waals surface area contributed by atoms with Crippen molar-refractivity contribution >= 4 is 11.7 Å². The Kier molecular flexibility index (Phi) is 3.64. The summed E-state index contributed by atoms with van der Waals surface area (Å²) in [4.78, 5) is 15.6. The van der Waals surface area contributed by atoms with Crippen molar-refractivity contribution in [3.63, 3.8) is 0 Å². The van der Waals surface area contributed by atoms with E-state index in [1.807, 2.05) is 0 Å². The van der Waals surface area contributed by atoms with Gasteiger partial charge < -0.3 is 15.8 Å². The number of pyridine rings is 1. The van der Waals surface area contributed by atoms with E-state index in [-0.39, 0.29) is 17.4 Å². The summed E-state index contributed by atoms with van der Waals surface area (Å²) in [6.07, 6.45) is 4.88. The van der Waals surface area contributed by atoms with Crippen molar-refractivity contribution in [3.05, 3.63) is 17.8 Å². The van der Waals surface area contributed by atoms with Crippen LogP contribution in [-0.4, -0.2) is 24.0 Å². The van der Waals surface area contributed by atoms with Crippen LogP contribution in [0.3, 0.4) is 0 Å². The molecule has 1 saturated carbocycles. The van der Waals surface area contributed by atoms with E-state index < -0.39 is 0 Å². The number of ether oxygens (including phenoxy) is 1. The Morgan fingerprint density at radius 1 is 1.58 bits per heavy atom. The minimum Gasteiger partial charge on any atom is -0.486 e. The number of rotatable bonds is 3. The highest BCUT2D eigenvalue weighted by atomic mass is 16.5. The Morgan fingerprint density at radius 3 is 2.89 bits per heavy atom. The molecule has 2 rings (SSSR count). The van der Waals surface area contributed by atoms with Crippen LogP contribution in [0.25, 0.3) is 0 Å². The Hall–Kier alpha value is -1.78. The van der Waals surface area contributed by atoms with Crippen LogP contribution >= 0.6 is 0 Å². The first kappa shape index (κ1) is 13.6. The molecular formula is C14H21N3O2. The molecule has 1 heterocycles. The van der Waals surface area contributed by atoms with Crippen LogP contribution < -0.4 is 15.8 Å². The predicted octanol–water partition coefficient (Wildman–Crippen LogP) is 1.98. The lowest BCUT2D eigenvalue weighted by molar-refractivity contribution is 0.0955. The molecule has 1 aliphatic rings. The monoisotopic (exact) mass is 263 g/mol. The topological polar surface area (TPSA) is 77.2 Å². The first-order valence-electron chi connectivity index (χ1n) is 6.58. The summed E-state index contributed by atoms with van der Waals surface area (Å²) < 4.78 is 5.99. The standard InChI is InChI=1S/C14H21N3O2/c1-14(2)6-4-5-11(14)19-10-7-9(13(18)16-3)8-17-12(10)15/h7-8,11H,4-6H2,1-3H3,(H2,15,17)(H,16,18)/t11-/m0/s1. The normalized spacial score (nSPS) is 21.1. The van der Waals surface area contributed by atoms with Crippen LogP contribution in [-0.2, 0) is 0 Å². The van der Waals surface area contributed by atoms with Crippen molar-refractivity contribution in [1.82, 2.24) is 10.3 Å². The summed E-state index contributed by atoms with van der Waals surface area (Å²) >= 11 is 0. The lowest BCUT2D eigenvalue weighted by Gasteiger charge is -2.28. The van der Waals surface area contributed by atoms with E-state index in [0.29, 0.717) is 17.1 Å². The van der Waals surface area contributed by atoms with Gasteiger partial charge in [0.15, 0.2) is 11.6 Å². The number of hydrogen-bond acceptors (Lipinski definition) is 4. The van der Waals surface area contributed by atoms with Gasteiger partial charge in [-0.3, -0.25) is 4.79 Å². The predicted molar refractivity (Wildman–Crippen MR) is 74.1 cm³/mol. The van der Waals surface area contributed by atoms with Crippen molar-refractivity contribution in [2.45, 2.75) is 39.2 Å². The van der Waals surface area contributed by atoms with Gasteiger partial charge in [-0.2, -0.15) is 0 Å². The third-order valence-corrected chi connectivity index (χ3v) is 3.80. The molecule has 0 spiro atoms. The highest BCUT2D eigenvalue weighted by molar-refractivity contribution is 5.94. The molecule has 19 heavy (non-hydrogen) atoms. The van der Waals surface area contributed by atoms with Gasteiger partial charge in [0, 0.05) is 18.7 Å². The summed E-state index contributed by atoms with van der Waals surface area (Å²) in [6, 6.07) is 1.66. The lowest BCUT2D eigenvalue weighted by Crippen LogP contribution is -2.29. The molecule has 0 unspecified atom stereocenters. The fourth-order valence-electron chi connectivity index (χ4n) is 2.48. The molecule has 1 aliphatic carbocycles. The van der Waals surface area contributed by atoms with Crippen LogP contribution in [0.15, 0.2) is 12.3 Å². The highest BCUT2D eigenvalue weighted by Crippen LogP contribution is 2.40. The van der Waals surface area contributed by atoms with Gasteiger partial charge in [0.2, 0.25) is 0 Å². The molecule has 5 nitrogen and oxygen atoms in total. The van der Waals surface area contributed by atoms with Crippen LogP contribution in [0, 0.1) is 5.41 Å². The van der Waals surface area contributed by atoms with Crippen molar-refractivity contribution in [2.24, 2.45) is 5.41 Å². The molecule has 3 N–H and O–H groups in total. The second-order valence-electron chi connectivity index (χ2n) is 5.67. The fraction of sp³-hybridized carbons (Fsp3) is 0.571. The molecule has 0 radical (unpaired) electrons. The van der Waals surface area contributed by atoms with Gasteiger partial charge in [-0.05, 0) is 25.3 Å². The molecule has 1 atom stereocenters. The zero-order valence-electron chi connectivity index (χ0n) is 11.7. The second-order valence-corrected chi connectivity index (χ2v) is 5.67. The van der Waals surface area contributed by atoms with Gasteiger partial charge in [-0.15, -0.1) is 0 Å². The Morgan fingerprint density at radius 2 is 2.32 bits per heavy atom. The van der Waals surface area contributed by atoms with E-state index in [2.05, 4.69) is 24.1 Å². The number of aromatic nitrogens is 1. The largest absolute Gasteiger partial charge is 0.486 e. The van der Waals surface area contributed by atoms with Crippen LogP contribution in [0.5, 0.6) is 5.75 Å². The van der Waals surface area contributed by atoms with Crippen molar-refractivity contribution in [1.29, 1.82) is 0 Å². The molecule has 0 bridgehead atoms. The number of nitrogens with one attached hydrogen (secondary N) is 1. The molecule has 1 fully saturated rings. The summed E-state index contributed by atoms with van der Waals surface area (Å²) in [5, 5.41) is 2.56. The number of nitrogens with zero attached hydrogens (tertiary/aromatic N) is 1. The van der Waals surface area contributed by atoms with E-state index in [1.54, 1.807) is 13.1 Å². The smallest absolute Gasteiger partial charge is 0.252 e. The number of nitrogen functional groups attached to an aromatic ring is 1. The minimum absolute atomic E-state index is 0.122. The van der Waals surface area contributed by atoms with Gasteiger partial charge in [0.25, 0.3) is 5.91 Å². The van der Waals surface area contributed by atoms with Crippen molar-refractivity contribution in [3.8, 4) is 5.75 Å². The summed E-state index contributed by atoms with van der Waals surface area (Å²) in [5.74, 6) is 0.638. The van der Waals surface area contributed by atoms with Crippen LogP contribution in [0.1, 0.15) is 43.5 Å². The van der Waals surface area contributed by atoms with E-state index in [9.17, 15) is 4.79 Å². The molecular weight excluding hydrogens is 242 g/mol. The molecule has 0 saturated heterocycles. The number of anilines is 1. The average Bonchev–Trinajstić information content (AvgIpc) is 2.70. The first-order chi connectivity index (χ1) is 8.94. The molecule has 1 amide bonds. The van der Waals surface area contributed by atoms with Gasteiger partial charge in [-0.25, -0.2) is 4.98 Å². The number of carbonyl (C=O) groups excluding carboxylic acids is 1. The fourth-order valence-corrected chi connectivity index (χ4v) is 2.48. The molecule has 0 aliphatic heterocycles. The van der Waals surface area contributed by atoms with Crippen LogP contribution in [0.4, 0.5) is 5.82 Å².